The topological polar surface area (TPSA) is 41.4 Å². The third kappa shape index (κ3) is 3.48. The summed E-state index contributed by atoms with van der Waals surface area (Å²) in [5.74, 6) is -0.151. The molecule has 0 aliphatic carbocycles. The number of hydrogen-bond donors (Lipinski definition) is 0. The van der Waals surface area contributed by atoms with E-state index >= 15 is 0 Å². The first-order chi connectivity index (χ1) is 11.6. The zero-order valence-electron chi connectivity index (χ0n) is 14.2. The minimum atomic E-state index is -0.204. The molecule has 0 spiro atoms. The van der Waals surface area contributed by atoms with E-state index in [1.54, 1.807) is 18.3 Å². The van der Waals surface area contributed by atoms with Crippen molar-refractivity contribution in [1.82, 2.24) is 19.6 Å². The van der Waals surface area contributed by atoms with Crippen molar-refractivity contribution in [3.05, 3.63) is 53.1 Å². The zero-order chi connectivity index (χ0) is 17.1. The maximum atomic E-state index is 13.3. The van der Waals surface area contributed by atoms with Crippen LogP contribution < -0.4 is 0 Å². The summed E-state index contributed by atoms with van der Waals surface area (Å²) >= 11 is 0. The molecule has 1 saturated heterocycles. The number of benzene rings is 1. The van der Waals surface area contributed by atoms with Crippen molar-refractivity contribution in [3.63, 3.8) is 0 Å². The van der Waals surface area contributed by atoms with E-state index in [9.17, 15) is 9.18 Å². The fraction of sp³-hybridized carbons (Fsp3) is 0.444. The van der Waals surface area contributed by atoms with E-state index in [4.69, 9.17) is 0 Å². The first kappa shape index (κ1) is 16.6. The van der Waals surface area contributed by atoms with Crippen molar-refractivity contribution in [3.8, 4) is 0 Å². The molecule has 1 fully saturated rings. The predicted molar refractivity (Wildman–Crippen MR) is 90.2 cm³/mol. The molecule has 0 N–H and O–H groups in total. The number of carbonyl (C=O) groups excluding carboxylic acids is 1. The molecule has 1 aliphatic rings. The summed E-state index contributed by atoms with van der Waals surface area (Å²) in [6.07, 6.45) is 1.67. The van der Waals surface area contributed by atoms with Crippen LogP contribution >= 0.6 is 0 Å². The van der Waals surface area contributed by atoms with Gasteiger partial charge in [0.25, 0.3) is 5.91 Å². The van der Waals surface area contributed by atoms with Gasteiger partial charge in [0, 0.05) is 45.0 Å². The SMILES string of the molecule is CCn1ncc(C(=O)N2CCN(Cc3cccc(F)c3)CC2)c1C. The number of hydrogen-bond acceptors (Lipinski definition) is 3. The lowest BCUT2D eigenvalue weighted by Gasteiger charge is -2.34. The molecule has 3 rings (SSSR count). The lowest BCUT2D eigenvalue weighted by atomic mass is 10.1. The van der Waals surface area contributed by atoms with E-state index in [1.165, 1.54) is 6.07 Å². The fourth-order valence-corrected chi connectivity index (χ4v) is 3.15. The van der Waals surface area contributed by atoms with Crippen LogP contribution in [0.5, 0.6) is 0 Å². The molecule has 0 unspecified atom stereocenters. The Bertz CT molecular complexity index is 720. The summed E-state index contributed by atoms with van der Waals surface area (Å²) in [6.45, 7) is 8.39. The van der Waals surface area contributed by atoms with Gasteiger partial charge in [-0.05, 0) is 31.5 Å². The monoisotopic (exact) mass is 330 g/mol. The highest BCUT2D eigenvalue weighted by molar-refractivity contribution is 5.95. The van der Waals surface area contributed by atoms with E-state index in [2.05, 4.69) is 10.00 Å². The minimum absolute atomic E-state index is 0.0533. The van der Waals surface area contributed by atoms with Crippen molar-refractivity contribution in [2.75, 3.05) is 26.2 Å². The molecule has 2 heterocycles. The lowest BCUT2D eigenvalue weighted by molar-refractivity contribution is 0.0627. The van der Waals surface area contributed by atoms with Gasteiger partial charge in [-0.15, -0.1) is 0 Å². The largest absolute Gasteiger partial charge is 0.336 e. The highest BCUT2D eigenvalue weighted by atomic mass is 19.1. The van der Waals surface area contributed by atoms with Gasteiger partial charge in [0.15, 0.2) is 0 Å². The Morgan fingerprint density at radius 1 is 1.25 bits per heavy atom. The molecule has 2 aromatic rings. The van der Waals surface area contributed by atoms with Crippen LogP contribution in [0.25, 0.3) is 0 Å². The summed E-state index contributed by atoms with van der Waals surface area (Å²) in [7, 11) is 0. The average Bonchev–Trinajstić information content (AvgIpc) is 2.95. The molecule has 0 saturated carbocycles. The quantitative estimate of drug-likeness (QED) is 0.864. The third-order valence-corrected chi connectivity index (χ3v) is 4.59. The second-order valence-corrected chi connectivity index (χ2v) is 6.16. The van der Waals surface area contributed by atoms with E-state index in [1.807, 2.05) is 29.5 Å². The molecule has 0 radical (unpaired) electrons. The van der Waals surface area contributed by atoms with Gasteiger partial charge in [-0.1, -0.05) is 12.1 Å². The molecule has 128 valence electrons. The number of carbonyl (C=O) groups is 1. The van der Waals surface area contributed by atoms with Gasteiger partial charge in [-0.25, -0.2) is 4.39 Å². The molecular weight excluding hydrogens is 307 g/mol. The van der Waals surface area contributed by atoms with Crippen LogP contribution in [0, 0.1) is 12.7 Å². The van der Waals surface area contributed by atoms with Gasteiger partial charge < -0.3 is 4.90 Å². The third-order valence-electron chi connectivity index (χ3n) is 4.59. The fourth-order valence-electron chi connectivity index (χ4n) is 3.15. The van der Waals surface area contributed by atoms with Crippen LogP contribution in [0.15, 0.2) is 30.5 Å². The van der Waals surface area contributed by atoms with Crippen molar-refractivity contribution < 1.29 is 9.18 Å². The first-order valence-corrected chi connectivity index (χ1v) is 8.37. The Kier molecular flexibility index (Phi) is 4.94. The van der Waals surface area contributed by atoms with Crippen LogP contribution in [0.4, 0.5) is 4.39 Å². The molecule has 0 atom stereocenters. The molecular formula is C18H23FN4O. The molecule has 5 nitrogen and oxygen atoms in total. The number of halogens is 1. The normalized spacial score (nSPS) is 15.7. The molecule has 24 heavy (non-hydrogen) atoms. The summed E-state index contributed by atoms with van der Waals surface area (Å²) in [4.78, 5) is 16.8. The number of aromatic nitrogens is 2. The predicted octanol–water partition coefficient (Wildman–Crippen LogP) is 2.31. The van der Waals surface area contributed by atoms with Gasteiger partial charge in [-0.3, -0.25) is 14.4 Å². The second-order valence-electron chi connectivity index (χ2n) is 6.16. The van der Waals surface area contributed by atoms with Gasteiger partial charge >= 0.3 is 0 Å². The Balaban J connectivity index is 1.58. The Labute approximate surface area is 141 Å². The standard InChI is InChI=1S/C18H23FN4O/c1-3-23-14(2)17(12-20-23)18(24)22-9-7-21(8-10-22)13-15-5-4-6-16(19)11-15/h4-6,11-12H,3,7-10,13H2,1-2H3. The van der Waals surface area contributed by atoms with Crippen LogP contribution in [0.3, 0.4) is 0 Å². The average molecular weight is 330 g/mol. The van der Waals surface area contributed by atoms with Crippen LogP contribution in [-0.4, -0.2) is 51.7 Å². The lowest BCUT2D eigenvalue weighted by Crippen LogP contribution is -2.48. The summed E-state index contributed by atoms with van der Waals surface area (Å²) in [5, 5.41) is 4.25. The van der Waals surface area contributed by atoms with Crippen molar-refractivity contribution in [1.29, 1.82) is 0 Å². The van der Waals surface area contributed by atoms with Crippen LogP contribution in [0.1, 0.15) is 28.5 Å². The minimum Gasteiger partial charge on any atom is -0.336 e. The Morgan fingerprint density at radius 3 is 2.62 bits per heavy atom. The second kappa shape index (κ2) is 7.13. The number of rotatable bonds is 4. The van der Waals surface area contributed by atoms with Gasteiger partial charge in [0.05, 0.1) is 11.8 Å². The Morgan fingerprint density at radius 2 is 2.00 bits per heavy atom. The molecule has 1 amide bonds. The molecule has 1 aromatic heterocycles. The highest BCUT2D eigenvalue weighted by Crippen LogP contribution is 2.14. The Hall–Kier alpha value is -2.21. The van der Waals surface area contributed by atoms with E-state index in [-0.39, 0.29) is 11.7 Å². The van der Waals surface area contributed by atoms with E-state index < -0.39 is 0 Å². The smallest absolute Gasteiger partial charge is 0.257 e. The maximum Gasteiger partial charge on any atom is 0.257 e. The van der Waals surface area contributed by atoms with Gasteiger partial charge in [-0.2, -0.15) is 5.10 Å². The molecule has 1 aromatic carbocycles. The molecule has 1 aliphatic heterocycles. The highest BCUT2D eigenvalue weighted by Gasteiger charge is 2.24. The maximum absolute atomic E-state index is 13.3. The summed E-state index contributed by atoms with van der Waals surface area (Å²) < 4.78 is 15.1. The molecule has 6 heteroatoms. The summed E-state index contributed by atoms with van der Waals surface area (Å²) in [5.41, 5.74) is 2.58. The first-order valence-electron chi connectivity index (χ1n) is 8.37. The summed E-state index contributed by atoms with van der Waals surface area (Å²) in [6, 6.07) is 6.70. The van der Waals surface area contributed by atoms with E-state index in [0.717, 1.165) is 30.9 Å². The zero-order valence-corrected chi connectivity index (χ0v) is 14.2. The van der Waals surface area contributed by atoms with Gasteiger partial charge in [0.2, 0.25) is 0 Å². The number of piperazine rings is 1. The molecule has 0 bridgehead atoms. The number of aryl methyl sites for hydroxylation is 1. The van der Waals surface area contributed by atoms with Crippen LogP contribution in [0.2, 0.25) is 0 Å². The number of nitrogens with zero attached hydrogens (tertiary/aromatic N) is 4. The van der Waals surface area contributed by atoms with Gasteiger partial charge in [0.1, 0.15) is 5.82 Å². The van der Waals surface area contributed by atoms with Crippen molar-refractivity contribution >= 4 is 5.91 Å². The van der Waals surface area contributed by atoms with Crippen LogP contribution in [-0.2, 0) is 13.1 Å². The number of amides is 1. The van der Waals surface area contributed by atoms with Crippen molar-refractivity contribution in [2.24, 2.45) is 0 Å². The van der Waals surface area contributed by atoms with Crippen molar-refractivity contribution in [2.45, 2.75) is 26.9 Å². The van der Waals surface area contributed by atoms with E-state index in [0.29, 0.717) is 25.2 Å².